The summed E-state index contributed by atoms with van der Waals surface area (Å²) < 4.78 is 7.09. The number of hydrogen-bond donors (Lipinski definition) is 0. The number of aromatic nitrogens is 3. The van der Waals surface area contributed by atoms with E-state index in [2.05, 4.69) is 10.1 Å². The summed E-state index contributed by atoms with van der Waals surface area (Å²) in [4.78, 5) is 18.0. The van der Waals surface area contributed by atoms with Crippen LogP contribution in [0.4, 0.5) is 0 Å². The van der Waals surface area contributed by atoms with E-state index >= 15 is 0 Å². The fourth-order valence-corrected chi connectivity index (χ4v) is 2.21. The Labute approximate surface area is 117 Å². The smallest absolute Gasteiger partial charge is 0.242 e. The largest absolute Gasteiger partial charge is 0.345 e. The number of likely N-dealkylation sites (N-methyl/N-ethyl adjacent to an activating group) is 1. The number of hydrogen-bond acceptors (Lipinski definition) is 4. The molecule has 1 fully saturated rings. The minimum atomic E-state index is 0.0243. The van der Waals surface area contributed by atoms with E-state index in [1.807, 2.05) is 29.1 Å². The third-order valence-corrected chi connectivity index (χ3v) is 3.73. The Kier molecular flexibility index (Phi) is 3.54. The number of nitrogens with zero attached hydrogens (tertiary/aromatic N) is 4. The molecule has 1 aliphatic carbocycles. The molecule has 0 aromatic carbocycles. The lowest BCUT2D eigenvalue weighted by Gasteiger charge is -2.20. The number of amides is 1. The van der Waals surface area contributed by atoms with Crippen LogP contribution in [0.2, 0.25) is 0 Å². The van der Waals surface area contributed by atoms with Gasteiger partial charge >= 0.3 is 0 Å². The normalized spacial score (nSPS) is 15.1. The molecule has 6 nitrogen and oxygen atoms in total. The lowest BCUT2D eigenvalue weighted by Crippen LogP contribution is -2.29. The van der Waals surface area contributed by atoms with Gasteiger partial charge in [0.2, 0.25) is 11.8 Å². The maximum absolute atomic E-state index is 12.0. The Morgan fingerprint density at radius 1 is 1.45 bits per heavy atom. The molecule has 1 saturated carbocycles. The van der Waals surface area contributed by atoms with Gasteiger partial charge in [-0.3, -0.25) is 4.79 Å². The molecule has 0 radical (unpaired) electrons. The second kappa shape index (κ2) is 5.48. The maximum atomic E-state index is 12.0. The van der Waals surface area contributed by atoms with Crippen LogP contribution in [0.15, 0.2) is 29.0 Å². The van der Waals surface area contributed by atoms with Crippen LogP contribution < -0.4 is 0 Å². The average Bonchev–Trinajstić information content (AvgIpc) is 2.99. The van der Waals surface area contributed by atoms with Crippen molar-refractivity contribution < 1.29 is 9.32 Å². The van der Waals surface area contributed by atoms with E-state index in [4.69, 9.17) is 4.52 Å². The molecule has 0 N–H and O–H groups in total. The standard InChI is InChI=1S/C14H18N4O2/c1-17(13(19)10-18-7-2-3-8-18)9-12-15-14(20-16-12)11-5-4-6-11/h2-3,7-8,11H,4-6,9-10H2,1H3. The maximum Gasteiger partial charge on any atom is 0.242 e. The van der Waals surface area contributed by atoms with Crippen molar-refractivity contribution in [1.82, 2.24) is 19.6 Å². The quantitative estimate of drug-likeness (QED) is 0.834. The first-order valence-electron chi connectivity index (χ1n) is 6.89. The van der Waals surface area contributed by atoms with Gasteiger partial charge in [-0.15, -0.1) is 0 Å². The Balaban J connectivity index is 1.56. The Hall–Kier alpha value is -2.11. The molecule has 0 spiro atoms. The van der Waals surface area contributed by atoms with E-state index in [1.165, 1.54) is 6.42 Å². The summed E-state index contributed by atoms with van der Waals surface area (Å²) in [5.41, 5.74) is 0. The molecular weight excluding hydrogens is 256 g/mol. The van der Waals surface area contributed by atoms with E-state index < -0.39 is 0 Å². The molecule has 106 valence electrons. The van der Waals surface area contributed by atoms with Crippen LogP contribution in [0.1, 0.15) is 36.9 Å². The van der Waals surface area contributed by atoms with Crippen molar-refractivity contribution in [2.45, 2.75) is 38.3 Å². The molecule has 2 aromatic heterocycles. The molecule has 0 aliphatic heterocycles. The zero-order chi connectivity index (χ0) is 13.9. The van der Waals surface area contributed by atoms with Crippen molar-refractivity contribution in [3.05, 3.63) is 36.2 Å². The highest BCUT2D eigenvalue weighted by Gasteiger charge is 2.25. The van der Waals surface area contributed by atoms with Gasteiger partial charge in [-0.05, 0) is 25.0 Å². The minimum Gasteiger partial charge on any atom is -0.345 e. The van der Waals surface area contributed by atoms with Crippen LogP contribution >= 0.6 is 0 Å². The molecule has 2 heterocycles. The van der Waals surface area contributed by atoms with Gasteiger partial charge < -0.3 is 14.0 Å². The molecule has 20 heavy (non-hydrogen) atoms. The van der Waals surface area contributed by atoms with Crippen molar-refractivity contribution >= 4 is 5.91 Å². The van der Waals surface area contributed by atoms with Gasteiger partial charge in [0, 0.05) is 25.4 Å². The summed E-state index contributed by atoms with van der Waals surface area (Å²) in [5, 5.41) is 3.95. The van der Waals surface area contributed by atoms with E-state index in [9.17, 15) is 4.79 Å². The van der Waals surface area contributed by atoms with Gasteiger partial charge in [-0.2, -0.15) is 4.98 Å². The lowest BCUT2D eigenvalue weighted by molar-refractivity contribution is -0.131. The average molecular weight is 274 g/mol. The fraction of sp³-hybridized carbons (Fsp3) is 0.500. The third-order valence-electron chi connectivity index (χ3n) is 3.73. The van der Waals surface area contributed by atoms with Crippen molar-refractivity contribution in [3.63, 3.8) is 0 Å². The van der Waals surface area contributed by atoms with E-state index in [0.29, 0.717) is 24.8 Å². The Morgan fingerprint density at radius 3 is 2.85 bits per heavy atom. The first-order valence-corrected chi connectivity index (χ1v) is 6.89. The second-order valence-electron chi connectivity index (χ2n) is 5.28. The molecule has 1 aliphatic rings. The van der Waals surface area contributed by atoms with Crippen molar-refractivity contribution in [2.75, 3.05) is 7.05 Å². The van der Waals surface area contributed by atoms with Gasteiger partial charge in [-0.25, -0.2) is 0 Å². The van der Waals surface area contributed by atoms with Gasteiger partial charge in [0.1, 0.15) is 6.54 Å². The summed E-state index contributed by atoms with van der Waals surface area (Å²) in [7, 11) is 1.76. The number of carbonyl (C=O) groups is 1. The predicted molar refractivity (Wildman–Crippen MR) is 71.8 cm³/mol. The highest BCUT2D eigenvalue weighted by molar-refractivity contribution is 5.75. The van der Waals surface area contributed by atoms with E-state index in [1.54, 1.807) is 11.9 Å². The molecule has 6 heteroatoms. The summed E-state index contributed by atoms with van der Waals surface area (Å²) in [5.74, 6) is 1.75. The first kappa shape index (κ1) is 12.9. The van der Waals surface area contributed by atoms with Crippen molar-refractivity contribution in [1.29, 1.82) is 0 Å². The molecule has 0 saturated heterocycles. The Morgan fingerprint density at radius 2 is 2.20 bits per heavy atom. The monoisotopic (exact) mass is 274 g/mol. The molecule has 3 rings (SSSR count). The van der Waals surface area contributed by atoms with Gasteiger partial charge in [-0.1, -0.05) is 11.6 Å². The third kappa shape index (κ3) is 2.74. The van der Waals surface area contributed by atoms with Crippen molar-refractivity contribution in [2.24, 2.45) is 0 Å². The fourth-order valence-electron chi connectivity index (χ4n) is 2.21. The minimum absolute atomic E-state index is 0.0243. The van der Waals surface area contributed by atoms with Crippen LogP contribution in [0, 0.1) is 0 Å². The zero-order valence-electron chi connectivity index (χ0n) is 11.5. The Bertz CT molecular complexity index is 572. The summed E-state index contributed by atoms with van der Waals surface area (Å²) in [6.07, 6.45) is 7.23. The zero-order valence-corrected chi connectivity index (χ0v) is 11.5. The molecular formula is C14H18N4O2. The van der Waals surface area contributed by atoms with Gasteiger partial charge in [0.05, 0.1) is 6.54 Å². The van der Waals surface area contributed by atoms with Crippen LogP contribution in [0.3, 0.4) is 0 Å². The molecule has 0 atom stereocenters. The van der Waals surface area contributed by atoms with Crippen LogP contribution in [0.5, 0.6) is 0 Å². The SMILES string of the molecule is CN(Cc1noc(C2CCC2)n1)C(=O)Cn1cccc1. The van der Waals surface area contributed by atoms with E-state index in [0.717, 1.165) is 18.7 Å². The summed E-state index contributed by atoms with van der Waals surface area (Å²) in [6, 6.07) is 3.80. The molecule has 0 unspecified atom stereocenters. The predicted octanol–water partition coefficient (Wildman–Crippen LogP) is 1.80. The van der Waals surface area contributed by atoms with Crippen LogP contribution in [-0.2, 0) is 17.9 Å². The molecule has 1 amide bonds. The number of rotatable bonds is 5. The summed E-state index contributed by atoms with van der Waals surface area (Å²) in [6.45, 7) is 0.715. The highest BCUT2D eigenvalue weighted by Crippen LogP contribution is 2.35. The topological polar surface area (TPSA) is 64.2 Å². The van der Waals surface area contributed by atoms with Crippen LogP contribution in [0.25, 0.3) is 0 Å². The lowest BCUT2D eigenvalue weighted by atomic mass is 9.85. The summed E-state index contributed by atoms with van der Waals surface area (Å²) >= 11 is 0. The number of carbonyl (C=O) groups excluding carboxylic acids is 1. The molecule has 2 aromatic rings. The molecule has 0 bridgehead atoms. The highest BCUT2D eigenvalue weighted by atomic mass is 16.5. The second-order valence-corrected chi connectivity index (χ2v) is 5.28. The van der Waals surface area contributed by atoms with Gasteiger partial charge in [0.25, 0.3) is 0 Å². The van der Waals surface area contributed by atoms with Crippen molar-refractivity contribution in [3.8, 4) is 0 Å². The first-order chi connectivity index (χ1) is 9.72. The van der Waals surface area contributed by atoms with Crippen LogP contribution in [-0.4, -0.2) is 32.6 Å². The van der Waals surface area contributed by atoms with E-state index in [-0.39, 0.29) is 5.91 Å². The van der Waals surface area contributed by atoms with Gasteiger partial charge in [0.15, 0.2) is 5.82 Å².